The van der Waals surface area contributed by atoms with Gasteiger partial charge in [0, 0.05) is 18.4 Å². The van der Waals surface area contributed by atoms with Gasteiger partial charge in [-0.05, 0) is 31.2 Å². The predicted octanol–water partition coefficient (Wildman–Crippen LogP) is 1.53. The van der Waals surface area contributed by atoms with Crippen molar-refractivity contribution in [2.75, 3.05) is 18.5 Å². The van der Waals surface area contributed by atoms with Gasteiger partial charge in [-0.1, -0.05) is 6.08 Å². The van der Waals surface area contributed by atoms with Crippen LogP contribution in [0.25, 0.3) is 0 Å². The first-order valence-corrected chi connectivity index (χ1v) is 8.17. The maximum Gasteiger partial charge on any atom is 0.350 e. The molecule has 122 valence electrons. The number of esters is 1. The van der Waals surface area contributed by atoms with Gasteiger partial charge < -0.3 is 10.1 Å². The van der Waals surface area contributed by atoms with Crippen molar-refractivity contribution in [1.82, 2.24) is 4.72 Å². The second-order valence-electron chi connectivity index (χ2n) is 4.20. The minimum Gasteiger partial charge on any atom is -0.462 e. The van der Waals surface area contributed by atoms with Crippen molar-refractivity contribution >= 4 is 21.7 Å². The number of benzene rings is 1. The zero-order valence-electron chi connectivity index (χ0n) is 12.6. The molecule has 0 amide bonds. The molecule has 2 N–H and O–H groups in total. The van der Waals surface area contributed by atoms with Gasteiger partial charge in [-0.25, -0.2) is 17.9 Å². The molecule has 1 aromatic carbocycles. The normalized spacial score (nSPS) is 11.4. The number of nitrogens with one attached hydrogen (secondary N) is 2. The Hall–Kier alpha value is -2.63. The quantitative estimate of drug-likeness (QED) is 0.323. The summed E-state index contributed by atoms with van der Waals surface area (Å²) in [5.41, 5.74) is 0.334. The smallest absolute Gasteiger partial charge is 0.350 e. The van der Waals surface area contributed by atoms with Gasteiger partial charge in [-0.3, -0.25) is 0 Å². The number of carbonyl (C=O) groups excluding carboxylic acids is 1. The van der Waals surface area contributed by atoms with Gasteiger partial charge in [-0.2, -0.15) is 5.26 Å². The van der Waals surface area contributed by atoms with Gasteiger partial charge in [0.2, 0.25) is 10.0 Å². The highest BCUT2D eigenvalue weighted by Gasteiger charge is 2.12. The average molecular weight is 335 g/mol. The molecular formula is C15H17N3O4S. The van der Waals surface area contributed by atoms with E-state index in [0.717, 1.165) is 0 Å². The minimum atomic E-state index is -3.59. The van der Waals surface area contributed by atoms with Crippen LogP contribution < -0.4 is 10.0 Å². The number of nitriles is 1. The first-order chi connectivity index (χ1) is 10.9. The molecule has 0 bridgehead atoms. The Balaban J connectivity index is 2.83. The van der Waals surface area contributed by atoms with E-state index in [1.807, 2.05) is 0 Å². The fraction of sp³-hybridized carbons (Fsp3) is 0.200. The Morgan fingerprint density at radius 1 is 1.39 bits per heavy atom. The summed E-state index contributed by atoms with van der Waals surface area (Å²) in [5, 5.41) is 11.6. The number of sulfonamides is 1. The van der Waals surface area contributed by atoms with Gasteiger partial charge in [0.25, 0.3) is 0 Å². The van der Waals surface area contributed by atoms with E-state index in [2.05, 4.69) is 16.6 Å². The zero-order chi connectivity index (χ0) is 17.3. The summed E-state index contributed by atoms with van der Waals surface area (Å²) in [6.07, 6.45) is 2.65. The number of hydrogen-bond donors (Lipinski definition) is 2. The summed E-state index contributed by atoms with van der Waals surface area (Å²) >= 11 is 0. The van der Waals surface area contributed by atoms with Gasteiger partial charge in [-0.15, -0.1) is 6.58 Å². The van der Waals surface area contributed by atoms with Crippen LogP contribution in [0.2, 0.25) is 0 Å². The lowest BCUT2D eigenvalue weighted by Crippen LogP contribution is -2.23. The maximum atomic E-state index is 11.9. The number of anilines is 1. The molecule has 1 aromatic rings. The van der Waals surface area contributed by atoms with Crippen LogP contribution in [0.4, 0.5) is 5.69 Å². The molecule has 0 spiro atoms. The Kier molecular flexibility index (Phi) is 6.99. The third-order valence-corrected chi connectivity index (χ3v) is 4.02. The van der Waals surface area contributed by atoms with Gasteiger partial charge >= 0.3 is 5.97 Å². The molecule has 7 nitrogen and oxygen atoms in total. The molecule has 8 heteroatoms. The van der Waals surface area contributed by atoms with Crippen molar-refractivity contribution in [2.24, 2.45) is 0 Å². The number of nitrogens with zero attached hydrogens (tertiary/aromatic N) is 1. The van der Waals surface area contributed by atoms with Crippen LogP contribution in [0.15, 0.2) is 53.6 Å². The van der Waals surface area contributed by atoms with Crippen LogP contribution in [0, 0.1) is 11.3 Å². The van der Waals surface area contributed by atoms with E-state index < -0.39 is 16.0 Å². The van der Waals surface area contributed by atoms with Crippen molar-refractivity contribution in [1.29, 1.82) is 5.26 Å². The third-order valence-electron chi connectivity index (χ3n) is 2.58. The second kappa shape index (κ2) is 8.73. The van der Waals surface area contributed by atoms with Crippen molar-refractivity contribution < 1.29 is 17.9 Å². The molecule has 0 saturated carbocycles. The molecule has 0 aliphatic heterocycles. The molecule has 0 atom stereocenters. The molecule has 0 radical (unpaired) electrons. The van der Waals surface area contributed by atoms with Crippen molar-refractivity contribution in [3.63, 3.8) is 0 Å². The Morgan fingerprint density at radius 3 is 2.57 bits per heavy atom. The van der Waals surface area contributed by atoms with Gasteiger partial charge in [0.1, 0.15) is 6.07 Å². The van der Waals surface area contributed by atoms with E-state index in [1.165, 1.54) is 36.5 Å². The van der Waals surface area contributed by atoms with Crippen molar-refractivity contribution in [3.8, 4) is 6.07 Å². The summed E-state index contributed by atoms with van der Waals surface area (Å²) in [4.78, 5) is 11.5. The van der Waals surface area contributed by atoms with Gasteiger partial charge in [0.15, 0.2) is 5.57 Å². The number of ether oxygens (including phenoxy) is 1. The lowest BCUT2D eigenvalue weighted by molar-refractivity contribution is -0.138. The summed E-state index contributed by atoms with van der Waals surface area (Å²) in [7, 11) is -3.59. The highest BCUT2D eigenvalue weighted by atomic mass is 32.2. The average Bonchev–Trinajstić information content (AvgIpc) is 2.54. The summed E-state index contributed by atoms with van der Waals surface area (Å²) in [6.45, 7) is 5.38. The van der Waals surface area contributed by atoms with E-state index >= 15 is 0 Å². The van der Waals surface area contributed by atoms with Crippen LogP contribution >= 0.6 is 0 Å². The molecule has 0 heterocycles. The standard InChI is InChI=1S/C15H17N3O4S/c1-3-9-18-23(20,21)14-7-5-13(6-8-14)17-11-12(10-16)15(19)22-4-2/h3,5-8,11,17-18H,1,4,9H2,2H3/b12-11-. The number of rotatable bonds is 8. The lowest BCUT2D eigenvalue weighted by atomic mass is 10.3. The van der Waals surface area contributed by atoms with Gasteiger partial charge in [0.05, 0.1) is 11.5 Å². The highest BCUT2D eigenvalue weighted by Crippen LogP contribution is 2.14. The monoisotopic (exact) mass is 335 g/mol. The van der Waals surface area contributed by atoms with Crippen molar-refractivity contribution in [3.05, 3.63) is 48.7 Å². The second-order valence-corrected chi connectivity index (χ2v) is 5.97. The first kappa shape index (κ1) is 18.4. The van der Waals surface area contributed by atoms with E-state index in [0.29, 0.717) is 5.69 Å². The van der Waals surface area contributed by atoms with Crippen LogP contribution in [0.1, 0.15) is 6.92 Å². The maximum absolute atomic E-state index is 11.9. The third kappa shape index (κ3) is 5.58. The topological polar surface area (TPSA) is 108 Å². The Bertz CT molecular complexity index is 731. The summed E-state index contributed by atoms with van der Waals surface area (Å²) in [6, 6.07) is 7.55. The fourth-order valence-corrected chi connectivity index (χ4v) is 2.48. The molecule has 0 aliphatic carbocycles. The first-order valence-electron chi connectivity index (χ1n) is 6.69. The van der Waals surface area contributed by atoms with Crippen LogP contribution in [-0.2, 0) is 19.6 Å². The zero-order valence-corrected chi connectivity index (χ0v) is 13.4. The molecule has 0 aromatic heterocycles. The van der Waals surface area contributed by atoms with E-state index in [1.54, 1.807) is 13.0 Å². The van der Waals surface area contributed by atoms with Crippen LogP contribution in [-0.4, -0.2) is 27.5 Å². The number of hydrogen-bond acceptors (Lipinski definition) is 6. The largest absolute Gasteiger partial charge is 0.462 e. The highest BCUT2D eigenvalue weighted by molar-refractivity contribution is 7.89. The SMILES string of the molecule is C=CCNS(=O)(=O)c1ccc(N/C=C(/C#N)C(=O)OCC)cc1. The molecule has 23 heavy (non-hydrogen) atoms. The molecule has 0 fully saturated rings. The molecule has 1 rings (SSSR count). The van der Waals surface area contributed by atoms with E-state index in [9.17, 15) is 13.2 Å². The van der Waals surface area contributed by atoms with Crippen molar-refractivity contribution in [2.45, 2.75) is 11.8 Å². The molecule has 0 saturated heterocycles. The Morgan fingerprint density at radius 2 is 2.04 bits per heavy atom. The van der Waals surface area contributed by atoms with E-state index in [4.69, 9.17) is 10.00 Å². The van der Waals surface area contributed by atoms with Crippen LogP contribution in [0.5, 0.6) is 0 Å². The predicted molar refractivity (Wildman–Crippen MR) is 85.8 cm³/mol. The lowest BCUT2D eigenvalue weighted by Gasteiger charge is -2.06. The molecule has 0 unspecified atom stereocenters. The Labute approximate surface area is 135 Å². The van der Waals surface area contributed by atoms with E-state index in [-0.39, 0.29) is 23.6 Å². The molecule has 0 aliphatic rings. The minimum absolute atomic E-state index is 0.0970. The summed E-state index contributed by atoms with van der Waals surface area (Å²) in [5.74, 6) is -0.727. The summed E-state index contributed by atoms with van der Waals surface area (Å²) < 4.78 is 30.8. The fourth-order valence-electron chi connectivity index (χ4n) is 1.48. The van der Waals surface area contributed by atoms with Crippen LogP contribution in [0.3, 0.4) is 0 Å². The number of carbonyl (C=O) groups is 1. The molecular weight excluding hydrogens is 318 g/mol.